The molecule has 0 spiro atoms. The highest BCUT2D eigenvalue weighted by Gasteiger charge is 2.30. The van der Waals surface area contributed by atoms with Crippen LogP contribution in [-0.2, 0) is 6.42 Å². The van der Waals surface area contributed by atoms with Gasteiger partial charge in [0, 0.05) is 19.5 Å². The lowest BCUT2D eigenvalue weighted by molar-refractivity contribution is -0.400. The van der Waals surface area contributed by atoms with E-state index in [9.17, 15) is 14.9 Å². The van der Waals surface area contributed by atoms with Gasteiger partial charge in [0.15, 0.2) is 5.58 Å². The fourth-order valence-electron chi connectivity index (χ4n) is 3.17. The molecule has 0 aliphatic rings. The van der Waals surface area contributed by atoms with Crippen LogP contribution in [0.5, 0.6) is 0 Å². The van der Waals surface area contributed by atoms with Gasteiger partial charge in [0.2, 0.25) is 0 Å². The highest BCUT2D eigenvalue weighted by atomic mass is 16.6. The number of furan rings is 1. The number of amides is 1. The zero-order chi connectivity index (χ0) is 19.6. The van der Waals surface area contributed by atoms with Gasteiger partial charge < -0.3 is 15.1 Å². The Morgan fingerprint density at radius 1 is 1.19 bits per heavy atom. The van der Waals surface area contributed by atoms with Crippen molar-refractivity contribution in [1.29, 1.82) is 0 Å². The Bertz CT molecular complexity index is 993. The Kier molecular flexibility index (Phi) is 5.23. The monoisotopic (exact) mass is 367 g/mol. The number of hydrogen-bond acceptors (Lipinski definition) is 5. The minimum Gasteiger partial charge on any atom is -0.399 e. The molecule has 7 heteroatoms. The van der Waals surface area contributed by atoms with E-state index in [-0.39, 0.29) is 17.4 Å². The van der Waals surface area contributed by atoms with Crippen molar-refractivity contribution in [1.82, 2.24) is 4.90 Å². The van der Waals surface area contributed by atoms with Gasteiger partial charge in [-0.1, -0.05) is 36.4 Å². The van der Waals surface area contributed by atoms with E-state index in [0.717, 1.165) is 12.0 Å². The van der Waals surface area contributed by atoms with Crippen LogP contribution in [0.25, 0.3) is 22.1 Å². The first-order chi connectivity index (χ1) is 13.0. The maximum absolute atomic E-state index is 12.6. The third kappa shape index (κ3) is 3.41. The number of carbonyl (C=O) groups is 1. The quantitative estimate of drug-likeness (QED) is 0.530. The van der Waals surface area contributed by atoms with Gasteiger partial charge in [0.1, 0.15) is 10.5 Å². The number of carbonyl (C=O) groups excluding carboxylic acids is 1. The van der Waals surface area contributed by atoms with E-state index in [1.807, 2.05) is 24.3 Å². The Morgan fingerprint density at radius 2 is 1.89 bits per heavy atom. The average molecular weight is 367 g/mol. The van der Waals surface area contributed by atoms with E-state index < -0.39 is 4.92 Å². The second-order valence-corrected chi connectivity index (χ2v) is 6.47. The van der Waals surface area contributed by atoms with Crippen molar-refractivity contribution in [3.05, 3.63) is 63.7 Å². The predicted octanol–water partition coefficient (Wildman–Crippen LogP) is 3.60. The molecule has 2 N–H and O–H groups in total. The van der Waals surface area contributed by atoms with E-state index >= 15 is 0 Å². The van der Waals surface area contributed by atoms with Crippen LogP contribution < -0.4 is 5.73 Å². The molecule has 0 radical (unpaired) electrons. The summed E-state index contributed by atoms with van der Waals surface area (Å²) in [5.74, 6) is -0.627. The third-order valence-electron chi connectivity index (χ3n) is 4.42. The highest BCUT2D eigenvalue weighted by molar-refractivity contribution is 6.11. The van der Waals surface area contributed by atoms with Crippen LogP contribution in [0.15, 0.2) is 46.9 Å². The Labute approximate surface area is 156 Å². The topological polar surface area (TPSA) is 103 Å². The third-order valence-corrected chi connectivity index (χ3v) is 4.42. The van der Waals surface area contributed by atoms with Gasteiger partial charge in [-0.15, -0.1) is 0 Å². The number of benzene rings is 2. The van der Waals surface area contributed by atoms with Gasteiger partial charge in [-0.3, -0.25) is 14.9 Å². The molecule has 0 aliphatic carbocycles. The molecular formula is C20H21N3O4. The Balaban J connectivity index is 2.40. The standard InChI is InChI=1S/C20H21N3O4/c1-22(2)19(24)15-11-10-14(9-6-12-21)16-17(13-7-4-3-5-8-13)20(23(25)26)27-18(15)16/h3-5,7-8,10-11H,6,9,12,21H2,1-2H3. The smallest absolute Gasteiger partial charge is 0.399 e. The molecule has 3 rings (SSSR count). The number of fused-ring (bicyclic) bond motifs is 1. The second-order valence-electron chi connectivity index (χ2n) is 6.47. The van der Waals surface area contributed by atoms with Gasteiger partial charge in [0.05, 0.1) is 5.56 Å². The van der Waals surface area contributed by atoms with Crippen LogP contribution >= 0.6 is 0 Å². The summed E-state index contributed by atoms with van der Waals surface area (Å²) in [5.41, 5.74) is 8.14. The maximum Gasteiger partial charge on any atom is 0.442 e. The molecule has 3 aromatic rings. The number of rotatable bonds is 6. The minimum atomic E-state index is -0.543. The van der Waals surface area contributed by atoms with Crippen LogP contribution in [0.1, 0.15) is 22.3 Å². The van der Waals surface area contributed by atoms with Crippen molar-refractivity contribution < 1.29 is 14.1 Å². The van der Waals surface area contributed by atoms with Gasteiger partial charge >= 0.3 is 5.88 Å². The van der Waals surface area contributed by atoms with Crippen LogP contribution in [0.4, 0.5) is 5.88 Å². The summed E-state index contributed by atoms with van der Waals surface area (Å²) in [5, 5.41) is 12.3. The summed E-state index contributed by atoms with van der Waals surface area (Å²) in [6, 6.07) is 12.6. The van der Waals surface area contributed by atoms with Crippen LogP contribution in [0.3, 0.4) is 0 Å². The van der Waals surface area contributed by atoms with Gasteiger partial charge in [-0.2, -0.15) is 0 Å². The van der Waals surface area contributed by atoms with Crippen LogP contribution in [0.2, 0.25) is 0 Å². The molecule has 2 aromatic carbocycles. The predicted molar refractivity (Wildman–Crippen MR) is 104 cm³/mol. The lowest BCUT2D eigenvalue weighted by Gasteiger charge is -2.12. The highest BCUT2D eigenvalue weighted by Crippen LogP contribution is 2.43. The lowest BCUT2D eigenvalue weighted by Crippen LogP contribution is -2.21. The van der Waals surface area contributed by atoms with Crippen molar-refractivity contribution in [2.75, 3.05) is 20.6 Å². The Morgan fingerprint density at radius 3 is 2.48 bits per heavy atom. The fraction of sp³-hybridized carbons (Fsp3) is 0.250. The first-order valence-electron chi connectivity index (χ1n) is 8.65. The van der Waals surface area contributed by atoms with Crippen molar-refractivity contribution >= 4 is 22.8 Å². The second kappa shape index (κ2) is 7.59. The largest absolute Gasteiger partial charge is 0.442 e. The summed E-state index contributed by atoms with van der Waals surface area (Å²) in [6.45, 7) is 0.500. The van der Waals surface area contributed by atoms with E-state index in [1.165, 1.54) is 4.90 Å². The molecule has 0 saturated carbocycles. The van der Waals surface area contributed by atoms with E-state index in [4.69, 9.17) is 10.2 Å². The van der Waals surface area contributed by atoms with Gasteiger partial charge in [0.25, 0.3) is 5.91 Å². The zero-order valence-corrected chi connectivity index (χ0v) is 15.3. The first kappa shape index (κ1) is 18.6. The molecule has 1 aromatic heterocycles. The van der Waals surface area contributed by atoms with Crippen molar-refractivity contribution in [3.63, 3.8) is 0 Å². The number of hydrogen-bond donors (Lipinski definition) is 1. The number of nitro groups is 1. The van der Waals surface area contributed by atoms with Gasteiger partial charge in [-0.05, 0) is 36.6 Å². The molecule has 0 saturated heterocycles. The molecule has 7 nitrogen and oxygen atoms in total. The minimum absolute atomic E-state index is 0.244. The molecule has 0 fully saturated rings. The normalized spacial score (nSPS) is 10.9. The fourth-order valence-corrected chi connectivity index (χ4v) is 3.17. The van der Waals surface area contributed by atoms with E-state index in [2.05, 4.69) is 0 Å². The van der Waals surface area contributed by atoms with Gasteiger partial charge in [-0.25, -0.2) is 0 Å². The zero-order valence-electron chi connectivity index (χ0n) is 15.3. The lowest BCUT2D eigenvalue weighted by atomic mass is 9.95. The summed E-state index contributed by atoms with van der Waals surface area (Å²) >= 11 is 0. The molecule has 0 unspecified atom stereocenters. The van der Waals surface area contributed by atoms with Crippen molar-refractivity contribution in [2.24, 2.45) is 5.73 Å². The molecule has 140 valence electrons. The Hall–Kier alpha value is -3.19. The number of nitrogens with zero attached hydrogens (tertiary/aromatic N) is 2. The maximum atomic E-state index is 12.6. The van der Waals surface area contributed by atoms with Crippen LogP contribution in [0, 0.1) is 10.1 Å². The molecule has 1 heterocycles. The number of nitrogens with two attached hydrogens (primary N) is 1. The first-order valence-corrected chi connectivity index (χ1v) is 8.65. The SMILES string of the molecule is CN(C)C(=O)c1ccc(CCCN)c2c(-c3ccccc3)c([N+](=O)[O-])oc12. The molecule has 1 amide bonds. The van der Waals surface area contributed by atoms with Crippen LogP contribution in [-0.4, -0.2) is 36.4 Å². The van der Waals surface area contributed by atoms with Crippen molar-refractivity contribution in [2.45, 2.75) is 12.8 Å². The summed E-state index contributed by atoms with van der Waals surface area (Å²) in [7, 11) is 3.26. The summed E-state index contributed by atoms with van der Waals surface area (Å²) in [6.07, 6.45) is 1.36. The molecule has 0 bridgehead atoms. The van der Waals surface area contributed by atoms with E-state index in [1.54, 1.807) is 32.3 Å². The summed E-state index contributed by atoms with van der Waals surface area (Å²) < 4.78 is 5.66. The average Bonchev–Trinajstić information content (AvgIpc) is 3.07. The molecule has 0 atom stereocenters. The molecule has 27 heavy (non-hydrogen) atoms. The van der Waals surface area contributed by atoms with E-state index in [0.29, 0.717) is 35.0 Å². The molecule has 0 aliphatic heterocycles. The van der Waals surface area contributed by atoms with Crippen molar-refractivity contribution in [3.8, 4) is 11.1 Å². The molecular weight excluding hydrogens is 346 g/mol. The summed E-state index contributed by atoms with van der Waals surface area (Å²) in [4.78, 5) is 25.2. The number of aryl methyl sites for hydroxylation is 1.